The van der Waals surface area contributed by atoms with E-state index >= 15 is 0 Å². The first-order valence-corrected chi connectivity index (χ1v) is 11.1. The van der Waals surface area contributed by atoms with Crippen LogP contribution in [0, 0.1) is 0 Å². The van der Waals surface area contributed by atoms with Gasteiger partial charge in [-0.15, -0.1) is 11.3 Å². The summed E-state index contributed by atoms with van der Waals surface area (Å²) in [7, 11) is 0. The van der Waals surface area contributed by atoms with Gasteiger partial charge in [-0.2, -0.15) is 0 Å². The third-order valence-electron chi connectivity index (χ3n) is 3.97. The van der Waals surface area contributed by atoms with E-state index in [9.17, 15) is 0 Å². The predicted octanol–water partition coefficient (Wildman–Crippen LogP) is 4.27. The second-order valence-electron chi connectivity index (χ2n) is 5.85. The zero-order chi connectivity index (χ0) is 18.6. The van der Waals surface area contributed by atoms with E-state index in [0.29, 0.717) is 12.5 Å². The largest absolute Gasteiger partial charge is 0.359 e. The number of nitrogens with zero attached hydrogens (tertiary/aromatic N) is 3. The SMILES string of the molecule is CCNC(=NCc1cc(C(CC)CC)no1)NCCCSc1nccs1. The smallest absolute Gasteiger partial charge is 0.191 e. The zero-order valence-corrected chi connectivity index (χ0v) is 17.5. The van der Waals surface area contributed by atoms with E-state index < -0.39 is 0 Å². The summed E-state index contributed by atoms with van der Waals surface area (Å²) in [5, 5.41) is 12.8. The fourth-order valence-electron chi connectivity index (χ4n) is 2.52. The van der Waals surface area contributed by atoms with Crippen molar-refractivity contribution in [3.63, 3.8) is 0 Å². The van der Waals surface area contributed by atoms with Crippen LogP contribution in [0.3, 0.4) is 0 Å². The number of guanidine groups is 1. The summed E-state index contributed by atoms with van der Waals surface area (Å²) >= 11 is 3.48. The first-order valence-electron chi connectivity index (χ1n) is 9.26. The molecule has 0 aromatic carbocycles. The Balaban J connectivity index is 1.76. The molecule has 2 heterocycles. The zero-order valence-electron chi connectivity index (χ0n) is 15.8. The van der Waals surface area contributed by atoms with Crippen LogP contribution in [0.15, 0.2) is 31.5 Å². The standard InChI is InChI=1S/C18H29N5OS2/c1-4-14(5-2)16-12-15(24-23-16)13-22-17(19-6-3)20-8-7-10-25-18-21-9-11-26-18/h9,11-12,14H,4-8,10,13H2,1-3H3,(H2,19,20,22). The minimum absolute atomic E-state index is 0.471. The summed E-state index contributed by atoms with van der Waals surface area (Å²) in [6.45, 7) is 8.63. The molecule has 144 valence electrons. The fraction of sp³-hybridized carbons (Fsp3) is 0.611. The van der Waals surface area contributed by atoms with E-state index in [1.807, 2.05) is 17.6 Å². The van der Waals surface area contributed by atoms with E-state index in [2.05, 4.69) is 46.5 Å². The first-order chi connectivity index (χ1) is 12.8. The molecule has 6 nitrogen and oxygen atoms in total. The summed E-state index contributed by atoms with van der Waals surface area (Å²) in [5.74, 6) is 3.13. The van der Waals surface area contributed by atoms with Gasteiger partial charge < -0.3 is 15.2 Å². The fourth-order valence-corrected chi connectivity index (χ4v) is 4.17. The average molecular weight is 396 g/mol. The molecule has 0 saturated carbocycles. The Labute approximate surface area is 164 Å². The van der Waals surface area contributed by atoms with Crippen LogP contribution in [-0.2, 0) is 6.54 Å². The molecule has 0 aliphatic rings. The number of aromatic nitrogens is 2. The van der Waals surface area contributed by atoms with E-state index in [-0.39, 0.29) is 0 Å². The number of nitrogens with one attached hydrogen (secondary N) is 2. The highest BCUT2D eigenvalue weighted by Crippen LogP contribution is 2.22. The van der Waals surface area contributed by atoms with Crippen LogP contribution >= 0.6 is 23.1 Å². The summed E-state index contributed by atoms with van der Waals surface area (Å²) in [6.07, 6.45) is 5.05. The second-order valence-corrected chi connectivity index (χ2v) is 8.09. The lowest BCUT2D eigenvalue weighted by Crippen LogP contribution is -2.37. The Morgan fingerprint density at radius 2 is 2.15 bits per heavy atom. The molecule has 2 rings (SSSR count). The lowest BCUT2D eigenvalue weighted by Gasteiger charge is -2.10. The molecule has 0 radical (unpaired) electrons. The second kappa shape index (κ2) is 12.0. The molecule has 2 aromatic heterocycles. The van der Waals surface area contributed by atoms with Gasteiger partial charge in [-0.05, 0) is 26.2 Å². The topological polar surface area (TPSA) is 75.3 Å². The van der Waals surface area contributed by atoms with Gasteiger partial charge in [-0.3, -0.25) is 0 Å². The molecule has 26 heavy (non-hydrogen) atoms. The molecule has 0 bridgehead atoms. The monoisotopic (exact) mass is 395 g/mol. The van der Waals surface area contributed by atoms with Crippen LogP contribution in [0.25, 0.3) is 0 Å². The Morgan fingerprint density at radius 1 is 1.31 bits per heavy atom. The van der Waals surface area contributed by atoms with Crippen LogP contribution in [0.4, 0.5) is 0 Å². The van der Waals surface area contributed by atoms with E-state index in [1.165, 1.54) is 0 Å². The average Bonchev–Trinajstić information content (AvgIpc) is 3.32. The number of thiazole rings is 1. The van der Waals surface area contributed by atoms with Crippen LogP contribution in [0.2, 0.25) is 0 Å². The molecular formula is C18H29N5OS2. The van der Waals surface area contributed by atoms with Crippen molar-refractivity contribution in [1.82, 2.24) is 20.8 Å². The van der Waals surface area contributed by atoms with Gasteiger partial charge in [0.2, 0.25) is 0 Å². The molecule has 2 aromatic rings. The molecule has 0 spiro atoms. The van der Waals surface area contributed by atoms with Crippen molar-refractivity contribution in [2.45, 2.75) is 56.8 Å². The molecule has 0 atom stereocenters. The van der Waals surface area contributed by atoms with Crippen molar-refractivity contribution >= 4 is 29.1 Å². The highest BCUT2D eigenvalue weighted by molar-refractivity contribution is 8.00. The maximum absolute atomic E-state index is 5.44. The Hall–Kier alpha value is -1.54. The van der Waals surface area contributed by atoms with E-state index in [1.54, 1.807) is 23.1 Å². The quantitative estimate of drug-likeness (QED) is 0.256. The molecule has 0 fully saturated rings. The third-order valence-corrected chi connectivity index (χ3v) is 6.02. The Bertz CT molecular complexity index is 638. The van der Waals surface area contributed by atoms with Gasteiger partial charge in [-0.1, -0.05) is 30.8 Å². The van der Waals surface area contributed by atoms with Crippen LogP contribution in [0.1, 0.15) is 57.4 Å². The highest BCUT2D eigenvalue weighted by atomic mass is 32.2. The van der Waals surface area contributed by atoms with E-state index in [0.717, 1.165) is 59.9 Å². The van der Waals surface area contributed by atoms with E-state index in [4.69, 9.17) is 4.52 Å². The van der Waals surface area contributed by atoms with Crippen molar-refractivity contribution in [1.29, 1.82) is 0 Å². The molecule has 8 heteroatoms. The Morgan fingerprint density at radius 3 is 2.85 bits per heavy atom. The number of hydrogen-bond acceptors (Lipinski definition) is 6. The van der Waals surface area contributed by atoms with Gasteiger partial charge >= 0.3 is 0 Å². The normalized spacial score (nSPS) is 11.9. The van der Waals surface area contributed by atoms with Crippen molar-refractivity contribution < 1.29 is 4.52 Å². The minimum Gasteiger partial charge on any atom is -0.359 e. The van der Waals surface area contributed by atoms with Gasteiger partial charge in [-0.25, -0.2) is 9.98 Å². The molecule has 0 unspecified atom stereocenters. The molecule has 0 amide bonds. The van der Waals surface area contributed by atoms with Crippen molar-refractivity contribution in [3.05, 3.63) is 29.1 Å². The maximum Gasteiger partial charge on any atom is 0.191 e. The molecule has 0 saturated heterocycles. The predicted molar refractivity (Wildman–Crippen MR) is 110 cm³/mol. The van der Waals surface area contributed by atoms with Crippen molar-refractivity contribution in [3.8, 4) is 0 Å². The van der Waals surface area contributed by atoms with Crippen LogP contribution in [-0.4, -0.2) is 34.9 Å². The maximum atomic E-state index is 5.44. The number of hydrogen-bond donors (Lipinski definition) is 2. The van der Waals surface area contributed by atoms with Gasteiger partial charge in [0.1, 0.15) is 10.9 Å². The summed E-state index contributed by atoms with van der Waals surface area (Å²) in [4.78, 5) is 8.88. The van der Waals surface area contributed by atoms with Gasteiger partial charge in [0.25, 0.3) is 0 Å². The number of aliphatic imine (C=N–C) groups is 1. The highest BCUT2D eigenvalue weighted by Gasteiger charge is 2.12. The third kappa shape index (κ3) is 6.99. The van der Waals surface area contributed by atoms with Gasteiger partial charge in [0.15, 0.2) is 11.7 Å². The first kappa shape index (κ1) is 20.8. The van der Waals surface area contributed by atoms with Crippen molar-refractivity contribution in [2.75, 3.05) is 18.8 Å². The van der Waals surface area contributed by atoms with Gasteiger partial charge in [0.05, 0.1) is 5.69 Å². The van der Waals surface area contributed by atoms with Crippen LogP contribution < -0.4 is 10.6 Å². The molecular weight excluding hydrogens is 366 g/mol. The minimum atomic E-state index is 0.471. The summed E-state index contributed by atoms with van der Waals surface area (Å²) in [6, 6.07) is 2.04. The van der Waals surface area contributed by atoms with Crippen molar-refractivity contribution in [2.24, 2.45) is 4.99 Å². The number of thioether (sulfide) groups is 1. The lowest BCUT2D eigenvalue weighted by atomic mass is 9.99. The molecule has 2 N–H and O–H groups in total. The van der Waals surface area contributed by atoms with Crippen LogP contribution in [0.5, 0.6) is 0 Å². The lowest BCUT2D eigenvalue weighted by molar-refractivity contribution is 0.372. The van der Waals surface area contributed by atoms with Gasteiger partial charge in [0, 0.05) is 42.4 Å². The Kier molecular flexibility index (Phi) is 9.55. The molecule has 0 aliphatic carbocycles. The molecule has 0 aliphatic heterocycles. The summed E-state index contributed by atoms with van der Waals surface area (Å²) < 4.78 is 6.57. The summed E-state index contributed by atoms with van der Waals surface area (Å²) in [5.41, 5.74) is 1.04. The number of rotatable bonds is 11.